The Bertz CT molecular complexity index is 8.00. The average Bonchev–Trinajstić information content (AvgIpc) is 1.37. The van der Waals surface area contributed by atoms with Crippen molar-refractivity contribution in [1.29, 1.82) is 0 Å². The van der Waals surface area contributed by atoms with Gasteiger partial charge in [0.2, 0.25) is 0 Å². The van der Waals surface area contributed by atoms with Crippen molar-refractivity contribution in [3.8, 4) is 0 Å². The zero-order valence-electron chi connectivity index (χ0n) is 2.71. The fourth-order valence-electron chi connectivity index (χ4n) is 0. The Balaban J connectivity index is 1.97. The van der Waals surface area contributed by atoms with Crippen LogP contribution in [0.5, 0.6) is 0 Å². The molecular formula is C2H6NTi+3. The molecule has 0 aromatic carbocycles. The van der Waals surface area contributed by atoms with Gasteiger partial charge in [-0.05, 0) is 0 Å². The van der Waals surface area contributed by atoms with E-state index < -0.39 is 0 Å². The van der Waals surface area contributed by atoms with Crippen LogP contribution >= 0.6 is 0 Å². The van der Waals surface area contributed by atoms with Crippen molar-refractivity contribution in [2.45, 2.75) is 6.92 Å². The molecule has 1 nitrogen and oxygen atoms in total. The van der Waals surface area contributed by atoms with E-state index in [0.717, 1.165) is 6.54 Å². The summed E-state index contributed by atoms with van der Waals surface area (Å²) in [5.74, 6) is 0. The third-order valence-electron chi connectivity index (χ3n) is 0.177. The maximum atomic E-state index is 2.93. The minimum atomic E-state index is 1.07. The molecule has 0 fully saturated rings. The Morgan fingerprint density at radius 3 is 2.25 bits per heavy atom. The second kappa shape index (κ2) is 3.67. The molecule has 0 atom stereocenters. The molecule has 0 aliphatic rings. The summed E-state index contributed by atoms with van der Waals surface area (Å²) in [6.07, 6.45) is 0. The number of nitrogens with one attached hydrogen (secondary N) is 1. The van der Waals surface area contributed by atoms with Gasteiger partial charge in [-0.3, -0.25) is 0 Å². The van der Waals surface area contributed by atoms with Crippen LogP contribution in [0.4, 0.5) is 0 Å². The Morgan fingerprint density at radius 1 is 2.00 bits per heavy atom. The molecule has 0 bridgehead atoms. The van der Waals surface area contributed by atoms with Gasteiger partial charge in [0, 0.05) is 0 Å². The van der Waals surface area contributed by atoms with Crippen LogP contribution in [0.1, 0.15) is 6.92 Å². The van der Waals surface area contributed by atoms with Crippen molar-refractivity contribution in [3.63, 3.8) is 0 Å². The third-order valence-corrected chi connectivity index (χ3v) is 0.729. The second-order valence-corrected chi connectivity index (χ2v) is 1.08. The Kier molecular flexibility index (Phi) is 4.29. The Morgan fingerprint density at radius 2 is 2.25 bits per heavy atom. The van der Waals surface area contributed by atoms with Crippen LogP contribution in [0.15, 0.2) is 0 Å². The molecule has 0 radical (unpaired) electrons. The van der Waals surface area contributed by atoms with Gasteiger partial charge in [-0.25, -0.2) is 0 Å². The monoisotopic (exact) mass is 92.0 g/mol. The van der Waals surface area contributed by atoms with Gasteiger partial charge >= 0.3 is 38.0 Å². The predicted molar refractivity (Wildman–Crippen MR) is 13.7 cm³/mol. The molecule has 0 aromatic heterocycles. The van der Waals surface area contributed by atoms with Crippen LogP contribution in [-0.4, -0.2) is 6.54 Å². The van der Waals surface area contributed by atoms with E-state index in [9.17, 15) is 0 Å². The van der Waals surface area contributed by atoms with Crippen LogP contribution in [0.2, 0.25) is 0 Å². The molecule has 1 N–H and O–H groups in total. The normalized spacial score (nSPS) is 7.75. The van der Waals surface area contributed by atoms with E-state index in [4.69, 9.17) is 0 Å². The van der Waals surface area contributed by atoms with Gasteiger partial charge in [-0.2, -0.15) is 0 Å². The van der Waals surface area contributed by atoms with E-state index in [1.165, 1.54) is 0 Å². The van der Waals surface area contributed by atoms with Gasteiger partial charge in [-0.1, -0.05) is 0 Å². The van der Waals surface area contributed by atoms with E-state index in [1.807, 2.05) is 20.7 Å². The summed E-state index contributed by atoms with van der Waals surface area (Å²) < 4.78 is 2.93. The van der Waals surface area contributed by atoms with Gasteiger partial charge in [0.05, 0.1) is 0 Å². The fourth-order valence-corrected chi connectivity index (χ4v) is 0. The molecule has 0 saturated carbocycles. The molecular weight excluding hydrogens is 85.9 g/mol. The maximum absolute atomic E-state index is 2.93. The number of hydrogen-bond donors (Lipinski definition) is 1. The molecule has 0 rings (SSSR count). The molecule has 0 saturated heterocycles. The molecule has 0 aliphatic carbocycles. The summed E-state index contributed by atoms with van der Waals surface area (Å²) in [7, 11) is 0. The van der Waals surface area contributed by atoms with E-state index in [-0.39, 0.29) is 0 Å². The van der Waals surface area contributed by atoms with Crippen LogP contribution in [0.25, 0.3) is 0 Å². The van der Waals surface area contributed by atoms with Gasteiger partial charge in [-0.15, -0.1) is 0 Å². The molecule has 0 amide bonds. The fraction of sp³-hybridized carbons (Fsp3) is 1.00. The van der Waals surface area contributed by atoms with Crippen molar-refractivity contribution < 1.29 is 20.7 Å². The first-order valence-electron chi connectivity index (χ1n) is 1.31. The Labute approximate surface area is 38.5 Å². The summed E-state index contributed by atoms with van der Waals surface area (Å²) in [5, 5.41) is 0. The van der Waals surface area contributed by atoms with Crippen molar-refractivity contribution in [2.75, 3.05) is 6.54 Å². The van der Waals surface area contributed by atoms with E-state index >= 15 is 0 Å². The first kappa shape index (κ1) is 4.67. The van der Waals surface area contributed by atoms with Gasteiger partial charge < -0.3 is 0 Å². The van der Waals surface area contributed by atoms with Crippen molar-refractivity contribution in [1.82, 2.24) is 3.80 Å². The molecule has 2 heteroatoms. The molecule has 0 aromatic rings. The van der Waals surface area contributed by atoms with Gasteiger partial charge in [0.25, 0.3) is 0 Å². The number of hydrogen-bond acceptors (Lipinski definition) is 1. The Hall–Kier alpha value is 0.674. The summed E-state index contributed by atoms with van der Waals surface area (Å²) >= 11 is 1.93. The first-order chi connectivity index (χ1) is 1.91. The zero-order valence-corrected chi connectivity index (χ0v) is 4.27. The van der Waals surface area contributed by atoms with Crippen LogP contribution < -0.4 is 3.80 Å². The van der Waals surface area contributed by atoms with E-state index in [0.29, 0.717) is 0 Å². The van der Waals surface area contributed by atoms with Crippen LogP contribution in [-0.2, 0) is 20.7 Å². The summed E-state index contributed by atoms with van der Waals surface area (Å²) in [4.78, 5) is 0. The first-order valence-corrected chi connectivity index (χ1v) is 2.09. The van der Waals surface area contributed by atoms with Crippen LogP contribution in [0.3, 0.4) is 0 Å². The average molecular weight is 91.9 g/mol. The third kappa shape index (κ3) is 2.67. The van der Waals surface area contributed by atoms with Crippen molar-refractivity contribution in [2.24, 2.45) is 0 Å². The van der Waals surface area contributed by atoms with Gasteiger partial charge in [0.15, 0.2) is 0 Å². The molecule has 0 heterocycles. The van der Waals surface area contributed by atoms with Crippen LogP contribution in [0, 0.1) is 0 Å². The second-order valence-electron chi connectivity index (χ2n) is 0.530. The van der Waals surface area contributed by atoms with Crippen molar-refractivity contribution >= 4 is 0 Å². The molecule has 20 valence electrons. The quantitative estimate of drug-likeness (QED) is 0.451. The summed E-state index contributed by atoms with van der Waals surface area (Å²) in [6.45, 7) is 3.14. The van der Waals surface area contributed by atoms with E-state index in [1.54, 1.807) is 0 Å². The molecule has 4 heavy (non-hydrogen) atoms. The SMILES string of the molecule is CC[NH][Ti+3]. The van der Waals surface area contributed by atoms with Gasteiger partial charge in [0.1, 0.15) is 0 Å². The zero-order chi connectivity index (χ0) is 3.41. The minimum absolute atomic E-state index is 1.07. The number of rotatable bonds is 1. The molecule has 0 aliphatic heterocycles. The topological polar surface area (TPSA) is 12.0 Å². The van der Waals surface area contributed by atoms with E-state index in [2.05, 4.69) is 10.7 Å². The standard InChI is InChI=1S/C2H6N.Ti/c1-2-3;/h3H,2H2,1H3;/q-1;+4. The summed E-state index contributed by atoms with van der Waals surface area (Å²) in [6, 6.07) is 0. The van der Waals surface area contributed by atoms with Crippen molar-refractivity contribution in [3.05, 3.63) is 0 Å². The predicted octanol–water partition coefficient (Wildman–Crippen LogP) is 0.0577. The molecule has 0 spiro atoms. The summed E-state index contributed by atoms with van der Waals surface area (Å²) in [5.41, 5.74) is 0. The molecule has 0 unspecified atom stereocenters.